The van der Waals surface area contributed by atoms with E-state index in [0.717, 1.165) is 11.8 Å². The van der Waals surface area contributed by atoms with Crippen LogP contribution in [0, 0.1) is 18.8 Å². The van der Waals surface area contributed by atoms with Crippen molar-refractivity contribution >= 4 is 29.1 Å². The monoisotopic (exact) mass is 555 g/mol. The van der Waals surface area contributed by atoms with Gasteiger partial charge in [-0.25, -0.2) is 9.59 Å². The molecule has 0 fully saturated rings. The van der Waals surface area contributed by atoms with Crippen LogP contribution in [-0.2, 0) is 11.2 Å². The number of carboxylic acid groups (broad SMARTS) is 1. The largest absolute Gasteiger partial charge is 0.573 e. The number of carbonyl (C=O) groups excluding carboxylic acids is 1. The molecule has 1 unspecified atom stereocenters. The van der Waals surface area contributed by atoms with Crippen LogP contribution >= 0.6 is 0 Å². The maximum absolute atomic E-state index is 12.8. The van der Waals surface area contributed by atoms with Crippen LogP contribution in [0.2, 0.25) is 0 Å². The molecule has 3 rings (SSSR count). The average molecular weight is 556 g/mol. The highest BCUT2D eigenvalue weighted by atomic mass is 19.4. The number of nitrogens with two attached hydrogens (primary N) is 1. The second-order valence-electron chi connectivity index (χ2n) is 10.2. The zero-order valence-corrected chi connectivity index (χ0v) is 22.7. The Morgan fingerprint density at radius 1 is 1.10 bits per heavy atom. The summed E-state index contributed by atoms with van der Waals surface area (Å²) in [6, 6.07) is 14.4. The molecule has 0 bridgehead atoms. The van der Waals surface area contributed by atoms with E-state index in [2.05, 4.69) is 28.5 Å². The number of aliphatic imine (C=N–C) groups is 1. The molecule has 7 nitrogen and oxygen atoms in total. The van der Waals surface area contributed by atoms with Gasteiger partial charge in [-0.1, -0.05) is 45.0 Å². The zero-order chi connectivity index (χ0) is 29.6. The lowest BCUT2D eigenvalue weighted by Gasteiger charge is -2.31. The van der Waals surface area contributed by atoms with Gasteiger partial charge in [0.05, 0.1) is 22.6 Å². The van der Waals surface area contributed by atoms with Gasteiger partial charge in [-0.3, -0.25) is 0 Å². The summed E-state index contributed by atoms with van der Waals surface area (Å²) in [7, 11) is 0. The minimum absolute atomic E-state index is 0.0880. The summed E-state index contributed by atoms with van der Waals surface area (Å²) < 4.78 is 42.3. The van der Waals surface area contributed by atoms with E-state index >= 15 is 0 Å². The number of halogens is 3. The van der Waals surface area contributed by atoms with Crippen molar-refractivity contribution in [2.45, 2.75) is 40.5 Å². The first-order chi connectivity index (χ1) is 18.8. The highest BCUT2D eigenvalue weighted by molar-refractivity contribution is 5.98. The van der Waals surface area contributed by atoms with Crippen LogP contribution in [0.3, 0.4) is 0 Å². The molecular weight excluding hydrogens is 523 g/mol. The van der Waals surface area contributed by atoms with Crippen LogP contribution in [0.25, 0.3) is 11.1 Å². The molecule has 0 saturated heterocycles. The molecule has 0 saturated carbocycles. The summed E-state index contributed by atoms with van der Waals surface area (Å²) >= 11 is 0. The van der Waals surface area contributed by atoms with E-state index in [0.29, 0.717) is 47.5 Å². The fourth-order valence-electron chi connectivity index (χ4n) is 4.81. The fourth-order valence-corrected chi connectivity index (χ4v) is 4.81. The molecule has 0 radical (unpaired) electrons. The van der Waals surface area contributed by atoms with E-state index in [-0.39, 0.29) is 23.1 Å². The van der Waals surface area contributed by atoms with E-state index < -0.39 is 18.1 Å². The number of nitrogen functional groups attached to an aromatic ring is 1. The number of hydrogen-bond acceptors (Lipinski definition) is 6. The van der Waals surface area contributed by atoms with Gasteiger partial charge in [-0.2, -0.15) is 4.99 Å². The normalized spacial score (nSPS) is 12.1. The van der Waals surface area contributed by atoms with E-state index in [1.165, 1.54) is 18.2 Å². The van der Waals surface area contributed by atoms with Gasteiger partial charge in [-0.15, -0.1) is 13.2 Å². The molecule has 10 heteroatoms. The van der Waals surface area contributed by atoms with Crippen molar-refractivity contribution in [2.24, 2.45) is 16.8 Å². The Bertz CT molecular complexity index is 1420. The van der Waals surface area contributed by atoms with Gasteiger partial charge < -0.3 is 20.5 Å². The molecule has 3 N–H and O–H groups in total. The van der Waals surface area contributed by atoms with Crippen molar-refractivity contribution < 1.29 is 32.6 Å². The van der Waals surface area contributed by atoms with Crippen LogP contribution in [-0.4, -0.2) is 36.6 Å². The maximum Gasteiger partial charge on any atom is 0.573 e. The number of benzene rings is 3. The highest BCUT2D eigenvalue weighted by Crippen LogP contribution is 2.34. The number of aromatic carboxylic acids is 1. The van der Waals surface area contributed by atoms with Crippen molar-refractivity contribution in [1.82, 2.24) is 0 Å². The lowest BCUT2D eigenvalue weighted by atomic mass is 9.95. The van der Waals surface area contributed by atoms with Crippen molar-refractivity contribution in [3.8, 4) is 16.9 Å². The van der Waals surface area contributed by atoms with Gasteiger partial charge in [0.1, 0.15) is 5.75 Å². The Hall–Kier alpha value is -4.30. The van der Waals surface area contributed by atoms with E-state index in [4.69, 9.17) is 5.73 Å². The van der Waals surface area contributed by atoms with Crippen molar-refractivity contribution in [3.05, 3.63) is 71.3 Å². The van der Waals surface area contributed by atoms with E-state index in [9.17, 15) is 27.9 Å². The zero-order valence-electron chi connectivity index (χ0n) is 22.7. The van der Waals surface area contributed by atoms with Gasteiger partial charge in [0.25, 0.3) is 0 Å². The Morgan fingerprint density at radius 2 is 1.82 bits per heavy atom. The standard InChI is InChI=1S/C30H32F3N3O4/c1-18(2)15-36(16-19(3)12-22-13-23(40-30(31,32)33)9-10-26(22)35-17-37)27-11-8-21(14-25(27)34)24-7-5-6-20(4)28(24)29(38)39/h5-11,13-14,18-19H,12,15-16,34H2,1-4H3,(H,38,39). The molecule has 3 aromatic carbocycles. The van der Waals surface area contributed by atoms with Crippen LogP contribution in [0.15, 0.2) is 59.6 Å². The van der Waals surface area contributed by atoms with Crippen molar-refractivity contribution in [2.75, 3.05) is 23.7 Å². The summed E-state index contributed by atoms with van der Waals surface area (Å²) in [5.74, 6) is -1.24. The Labute approximate surface area is 231 Å². The SMILES string of the molecule is Cc1cccc(-c2ccc(N(CC(C)C)CC(C)Cc3cc(OC(F)(F)F)ccc3N=C=O)c(N)c2)c1C(=O)O. The molecule has 0 amide bonds. The Balaban J connectivity index is 1.91. The first-order valence-corrected chi connectivity index (χ1v) is 12.7. The lowest BCUT2D eigenvalue weighted by Crippen LogP contribution is -2.33. The summed E-state index contributed by atoms with van der Waals surface area (Å²) in [6.45, 7) is 8.95. The summed E-state index contributed by atoms with van der Waals surface area (Å²) in [4.78, 5) is 28.5. The molecule has 212 valence electrons. The van der Waals surface area contributed by atoms with E-state index in [1.54, 1.807) is 31.2 Å². The number of nitrogens with zero attached hydrogens (tertiary/aromatic N) is 2. The number of hydrogen-bond donors (Lipinski definition) is 2. The third-order valence-corrected chi connectivity index (χ3v) is 6.30. The number of carbonyl (C=O) groups is 1. The third kappa shape index (κ3) is 7.86. The smallest absolute Gasteiger partial charge is 0.478 e. The van der Waals surface area contributed by atoms with Gasteiger partial charge in [0.15, 0.2) is 0 Å². The number of rotatable bonds is 11. The number of isocyanates is 1. The summed E-state index contributed by atoms with van der Waals surface area (Å²) in [5, 5.41) is 9.73. The molecule has 3 aromatic rings. The molecule has 0 aliphatic heterocycles. The van der Waals surface area contributed by atoms with Crippen molar-refractivity contribution in [1.29, 1.82) is 0 Å². The quantitative estimate of drug-likeness (QED) is 0.148. The topological polar surface area (TPSA) is 105 Å². The highest BCUT2D eigenvalue weighted by Gasteiger charge is 2.31. The van der Waals surface area contributed by atoms with Gasteiger partial charge in [0.2, 0.25) is 6.08 Å². The molecule has 0 aromatic heterocycles. The minimum atomic E-state index is -4.85. The predicted octanol–water partition coefficient (Wildman–Crippen LogP) is 7.15. The molecule has 0 aliphatic rings. The Morgan fingerprint density at radius 3 is 2.42 bits per heavy atom. The maximum atomic E-state index is 12.8. The first-order valence-electron chi connectivity index (χ1n) is 12.7. The van der Waals surface area contributed by atoms with Crippen molar-refractivity contribution in [3.63, 3.8) is 0 Å². The molecular formula is C30H32F3N3O4. The molecule has 0 heterocycles. The van der Waals surface area contributed by atoms with Crippen LogP contribution in [0.5, 0.6) is 5.75 Å². The van der Waals surface area contributed by atoms with Gasteiger partial charge in [0, 0.05) is 13.1 Å². The lowest BCUT2D eigenvalue weighted by molar-refractivity contribution is -0.274. The number of alkyl halides is 3. The molecule has 0 spiro atoms. The predicted molar refractivity (Wildman–Crippen MR) is 149 cm³/mol. The Kier molecular flexibility index (Phi) is 9.60. The fraction of sp³-hybridized carbons (Fsp3) is 0.333. The first kappa shape index (κ1) is 30.2. The van der Waals surface area contributed by atoms with Crippen LogP contribution in [0.1, 0.15) is 42.3 Å². The number of ether oxygens (including phenoxy) is 1. The average Bonchev–Trinajstić information content (AvgIpc) is 2.83. The van der Waals surface area contributed by atoms with Crippen LogP contribution in [0.4, 0.5) is 30.2 Å². The molecule has 1 atom stereocenters. The summed E-state index contributed by atoms with van der Waals surface area (Å²) in [6.07, 6.45) is -3.09. The summed E-state index contributed by atoms with van der Waals surface area (Å²) in [5.41, 5.74) is 10.5. The minimum Gasteiger partial charge on any atom is -0.478 e. The second kappa shape index (κ2) is 12.7. The van der Waals surface area contributed by atoms with Crippen LogP contribution < -0.4 is 15.4 Å². The van der Waals surface area contributed by atoms with E-state index in [1.807, 2.05) is 19.1 Å². The number of aryl methyl sites for hydroxylation is 1. The number of anilines is 2. The third-order valence-electron chi connectivity index (χ3n) is 6.30. The van der Waals surface area contributed by atoms with Gasteiger partial charge in [-0.05, 0) is 77.8 Å². The second-order valence-corrected chi connectivity index (χ2v) is 10.2. The number of carboxylic acids is 1. The molecule has 0 aliphatic carbocycles. The molecule has 40 heavy (non-hydrogen) atoms. The van der Waals surface area contributed by atoms with Gasteiger partial charge >= 0.3 is 12.3 Å².